The van der Waals surface area contributed by atoms with Crippen molar-refractivity contribution in [1.29, 1.82) is 0 Å². The summed E-state index contributed by atoms with van der Waals surface area (Å²) in [6, 6.07) is 71.6. The van der Waals surface area contributed by atoms with Crippen LogP contribution in [0.3, 0.4) is 0 Å². The van der Waals surface area contributed by atoms with Crippen LogP contribution in [0.25, 0.3) is 109 Å². The zero-order chi connectivity index (χ0) is 35.3. The van der Waals surface area contributed by atoms with Crippen molar-refractivity contribution in [3.05, 3.63) is 194 Å². The van der Waals surface area contributed by atoms with Crippen LogP contribution in [-0.4, -0.2) is 9.13 Å². The van der Waals surface area contributed by atoms with Gasteiger partial charge in [-0.1, -0.05) is 133 Å². The second-order valence-electron chi connectivity index (χ2n) is 14.5. The van der Waals surface area contributed by atoms with Crippen LogP contribution in [0.2, 0.25) is 0 Å². The van der Waals surface area contributed by atoms with E-state index in [1.165, 1.54) is 109 Å². The predicted molar refractivity (Wildman–Crippen MR) is 231 cm³/mol. The molecule has 12 rings (SSSR count). The average molecular weight is 685 g/mol. The number of aromatic nitrogens is 2. The van der Waals surface area contributed by atoms with Gasteiger partial charge < -0.3 is 9.13 Å². The summed E-state index contributed by atoms with van der Waals surface area (Å²) < 4.78 is 4.85. The first-order valence-corrected chi connectivity index (χ1v) is 18.7. The molecule has 2 aromatic heterocycles. The highest BCUT2D eigenvalue weighted by molar-refractivity contribution is 6.29. The van der Waals surface area contributed by atoms with Crippen molar-refractivity contribution in [3.8, 4) is 22.5 Å². The summed E-state index contributed by atoms with van der Waals surface area (Å²) in [5.41, 5.74) is 9.66. The molecule has 0 fully saturated rings. The summed E-state index contributed by atoms with van der Waals surface area (Å²) in [5.74, 6) is 0. The van der Waals surface area contributed by atoms with Crippen molar-refractivity contribution in [3.63, 3.8) is 0 Å². The molecular weight excluding hydrogens is 653 g/mol. The number of nitrogens with zero attached hydrogens (tertiary/aromatic N) is 2. The molecule has 250 valence electrons. The summed E-state index contributed by atoms with van der Waals surface area (Å²) in [6.07, 6.45) is 0. The Morgan fingerprint density at radius 1 is 0.222 bits per heavy atom. The fraction of sp³-hybridized carbons (Fsp3) is 0. The summed E-state index contributed by atoms with van der Waals surface area (Å²) in [4.78, 5) is 0. The number of hydrogen-bond donors (Lipinski definition) is 0. The Labute approximate surface area is 311 Å². The third kappa shape index (κ3) is 4.17. The lowest BCUT2D eigenvalue weighted by atomic mass is 9.91. The molecule has 0 spiro atoms. The van der Waals surface area contributed by atoms with Gasteiger partial charge in [-0.3, -0.25) is 0 Å². The van der Waals surface area contributed by atoms with E-state index in [1.807, 2.05) is 0 Å². The van der Waals surface area contributed by atoms with Crippen LogP contribution in [0.5, 0.6) is 0 Å². The zero-order valence-electron chi connectivity index (χ0n) is 29.4. The average Bonchev–Trinajstić information content (AvgIpc) is 3.75. The lowest BCUT2D eigenvalue weighted by molar-refractivity contribution is 1.18. The molecule has 12 aromatic rings. The second kappa shape index (κ2) is 11.2. The molecule has 0 aliphatic carbocycles. The van der Waals surface area contributed by atoms with Gasteiger partial charge in [0.1, 0.15) is 0 Å². The summed E-state index contributed by atoms with van der Waals surface area (Å²) in [5, 5.41) is 15.2. The number of fused-ring (bicyclic) bond motifs is 13. The van der Waals surface area contributed by atoms with Gasteiger partial charge in [-0.2, -0.15) is 0 Å². The molecule has 2 heteroatoms. The van der Waals surface area contributed by atoms with E-state index in [0.717, 1.165) is 0 Å². The van der Waals surface area contributed by atoms with Crippen LogP contribution in [0.4, 0.5) is 0 Å². The molecule has 0 atom stereocenters. The van der Waals surface area contributed by atoms with Crippen LogP contribution in [0.1, 0.15) is 0 Å². The number of benzene rings is 10. The minimum Gasteiger partial charge on any atom is -0.309 e. The van der Waals surface area contributed by atoms with E-state index in [0.29, 0.717) is 0 Å². The molecule has 0 unspecified atom stereocenters. The van der Waals surface area contributed by atoms with Crippen LogP contribution >= 0.6 is 0 Å². The van der Waals surface area contributed by atoms with Crippen molar-refractivity contribution in [2.45, 2.75) is 0 Å². The van der Waals surface area contributed by atoms with E-state index in [4.69, 9.17) is 0 Å². The maximum absolute atomic E-state index is 2.45. The monoisotopic (exact) mass is 684 g/mol. The topological polar surface area (TPSA) is 9.86 Å². The molecule has 0 saturated carbocycles. The molecule has 0 N–H and O–H groups in total. The van der Waals surface area contributed by atoms with Gasteiger partial charge in [0.2, 0.25) is 0 Å². The molecule has 0 bridgehead atoms. The van der Waals surface area contributed by atoms with Crippen LogP contribution < -0.4 is 0 Å². The largest absolute Gasteiger partial charge is 0.309 e. The van der Waals surface area contributed by atoms with Crippen LogP contribution in [0.15, 0.2) is 194 Å². The highest BCUT2D eigenvalue weighted by Crippen LogP contribution is 2.43. The van der Waals surface area contributed by atoms with Gasteiger partial charge in [0.05, 0.1) is 22.1 Å². The molecule has 2 nitrogen and oxygen atoms in total. The normalized spacial score (nSPS) is 12.1. The Morgan fingerprint density at radius 2 is 0.722 bits per heavy atom. The van der Waals surface area contributed by atoms with Crippen molar-refractivity contribution < 1.29 is 0 Å². The third-order valence-electron chi connectivity index (χ3n) is 11.6. The van der Waals surface area contributed by atoms with E-state index in [2.05, 4.69) is 203 Å². The van der Waals surface area contributed by atoms with Gasteiger partial charge in [-0.25, -0.2) is 0 Å². The van der Waals surface area contributed by atoms with Crippen LogP contribution in [-0.2, 0) is 0 Å². The van der Waals surface area contributed by atoms with Crippen molar-refractivity contribution in [2.75, 3.05) is 0 Å². The maximum Gasteiger partial charge on any atom is 0.0547 e. The molecule has 10 aromatic carbocycles. The fourth-order valence-electron chi connectivity index (χ4n) is 9.19. The molecule has 0 radical (unpaired) electrons. The Morgan fingerprint density at radius 3 is 1.48 bits per heavy atom. The quantitative estimate of drug-likeness (QED) is 0.164. The number of rotatable bonds is 3. The van der Waals surface area contributed by atoms with Gasteiger partial charge in [-0.05, 0) is 115 Å². The summed E-state index contributed by atoms with van der Waals surface area (Å²) in [6.45, 7) is 0. The first-order valence-electron chi connectivity index (χ1n) is 18.7. The number of para-hydroxylation sites is 3. The van der Waals surface area contributed by atoms with Gasteiger partial charge in [0, 0.05) is 32.9 Å². The van der Waals surface area contributed by atoms with E-state index in [-0.39, 0.29) is 0 Å². The third-order valence-corrected chi connectivity index (χ3v) is 11.6. The minimum absolute atomic E-state index is 1.17. The molecular formula is C52H32N2. The molecule has 0 amide bonds. The lowest BCUT2D eigenvalue weighted by Gasteiger charge is -2.14. The Bertz CT molecular complexity index is 3490. The van der Waals surface area contributed by atoms with Crippen molar-refractivity contribution >= 4 is 86.7 Å². The number of hydrogen-bond acceptors (Lipinski definition) is 0. The van der Waals surface area contributed by atoms with E-state index in [1.54, 1.807) is 0 Å². The summed E-state index contributed by atoms with van der Waals surface area (Å²) in [7, 11) is 0. The highest BCUT2D eigenvalue weighted by Gasteiger charge is 2.18. The summed E-state index contributed by atoms with van der Waals surface area (Å²) >= 11 is 0. The van der Waals surface area contributed by atoms with Gasteiger partial charge in [0.15, 0.2) is 0 Å². The fourth-order valence-corrected chi connectivity index (χ4v) is 9.19. The standard InChI is InChI=1S/C52H32N2/c1-2-14-37(15-3-1)53-49-20-10-8-18-42(49)44-27-24-36(30-51(44)53)35-23-26-41-45(29-35)39-16-6-7-17-40(39)47-32-52-48(31-46(41)47)43-19-9-11-21-50(43)54(52)38-25-22-33-12-4-5-13-34(33)28-38/h1-32H. The molecule has 0 aliphatic heterocycles. The van der Waals surface area contributed by atoms with Gasteiger partial charge in [0.25, 0.3) is 0 Å². The van der Waals surface area contributed by atoms with Gasteiger partial charge >= 0.3 is 0 Å². The SMILES string of the molecule is c1ccc(-n2c3ccccc3c3ccc(-c4ccc5c(c4)c4ccccc4c4cc6c(cc54)c4ccccc4n6-c4ccc5ccccc5c4)cc32)cc1. The molecule has 0 aliphatic rings. The first kappa shape index (κ1) is 29.4. The molecule has 54 heavy (non-hydrogen) atoms. The second-order valence-corrected chi connectivity index (χ2v) is 14.5. The highest BCUT2D eigenvalue weighted by atomic mass is 15.0. The lowest BCUT2D eigenvalue weighted by Crippen LogP contribution is -1.94. The van der Waals surface area contributed by atoms with Crippen molar-refractivity contribution in [2.24, 2.45) is 0 Å². The van der Waals surface area contributed by atoms with Crippen molar-refractivity contribution in [1.82, 2.24) is 9.13 Å². The molecule has 2 heterocycles. The van der Waals surface area contributed by atoms with E-state index in [9.17, 15) is 0 Å². The molecule has 0 saturated heterocycles. The Hall–Kier alpha value is -7.16. The van der Waals surface area contributed by atoms with E-state index < -0.39 is 0 Å². The maximum atomic E-state index is 2.45. The minimum atomic E-state index is 1.17. The van der Waals surface area contributed by atoms with Gasteiger partial charge in [-0.15, -0.1) is 0 Å². The zero-order valence-corrected chi connectivity index (χ0v) is 29.4. The Kier molecular flexibility index (Phi) is 6.09. The predicted octanol–water partition coefficient (Wildman–Crippen LogP) is 14.2. The first-order chi connectivity index (χ1) is 26.8. The smallest absolute Gasteiger partial charge is 0.0547 e. The Balaban J connectivity index is 1.11. The van der Waals surface area contributed by atoms with Crippen LogP contribution in [0, 0.1) is 0 Å². The van der Waals surface area contributed by atoms with E-state index >= 15 is 0 Å².